The van der Waals surface area contributed by atoms with E-state index in [1.54, 1.807) is 20.3 Å². The Labute approximate surface area is 128 Å². The van der Waals surface area contributed by atoms with Gasteiger partial charge in [0.05, 0.1) is 14.2 Å². The largest absolute Gasteiger partial charge is 0.497 e. The fourth-order valence-corrected chi connectivity index (χ4v) is 2.24. The Bertz CT molecular complexity index is 637. The van der Waals surface area contributed by atoms with Crippen LogP contribution in [0.5, 0.6) is 11.5 Å². The van der Waals surface area contributed by atoms with Crippen molar-refractivity contribution in [1.29, 1.82) is 0 Å². The second-order valence-corrected chi connectivity index (χ2v) is 5.32. The number of hydrogen-bond acceptors (Lipinski definition) is 5. The highest BCUT2D eigenvalue weighted by atomic mass is 35.5. The van der Waals surface area contributed by atoms with Crippen LogP contribution in [0.4, 0.5) is 11.5 Å². The summed E-state index contributed by atoms with van der Waals surface area (Å²) in [5, 5.41) is 3.67. The van der Waals surface area contributed by atoms with Gasteiger partial charge >= 0.3 is 0 Å². The van der Waals surface area contributed by atoms with Gasteiger partial charge in [0.1, 0.15) is 28.3 Å². The van der Waals surface area contributed by atoms with Crippen LogP contribution in [0.3, 0.4) is 0 Å². The maximum absolute atomic E-state index is 6.06. The van der Waals surface area contributed by atoms with Crippen LogP contribution in [0, 0.1) is 0 Å². The van der Waals surface area contributed by atoms with Gasteiger partial charge in [0.15, 0.2) is 0 Å². The van der Waals surface area contributed by atoms with Gasteiger partial charge in [0, 0.05) is 35.9 Å². The predicted octanol–water partition coefficient (Wildman–Crippen LogP) is 3.77. The summed E-state index contributed by atoms with van der Waals surface area (Å²) >= 11 is 6.06. The highest BCUT2D eigenvalue weighted by Gasteiger charge is 2.27. The van der Waals surface area contributed by atoms with E-state index in [1.807, 2.05) is 18.2 Å². The van der Waals surface area contributed by atoms with Crippen molar-refractivity contribution in [3.05, 3.63) is 35.2 Å². The van der Waals surface area contributed by atoms with Gasteiger partial charge in [-0.1, -0.05) is 11.6 Å². The molecule has 0 aliphatic heterocycles. The first-order chi connectivity index (χ1) is 10.2. The van der Waals surface area contributed by atoms with Crippen LogP contribution in [-0.4, -0.2) is 24.2 Å². The van der Waals surface area contributed by atoms with Crippen LogP contribution in [0.25, 0.3) is 0 Å². The molecule has 0 amide bonds. The number of hydrogen-bond donors (Lipinski definition) is 1. The molecular weight excluding hydrogens is 290 g/mol. The van der Waals surface area contributed by atoms with E-state index in [1.165, 1.54) is 0 Å². The van der Waals surface area contributed by atoms with E-state index in [-0.39, 0.29) is 0 Å². The van der Waals surface area contributed by atoms with E-state index in [4.69, 9.17) is 21.1 Å². The van der Waals surface area contributed by atoms with E-state index >= 15 is 0 Å². The molecule has 1 N–H and O–H groups in total. The van der Waals surface area contributed by atoms with Crippen LogP contribution in [0.1, 0.15) is 24.6 Å². The van der Waals surface area contributed by atoms with E-state index < -0.39 is 0 Å². The summed E-state index contributed by atoms with van der Waals surface area (Å²) in [4.78, 5) is 8.78. The Morgan fingerprint density at radius 3 is 2.29 bits per heavy atom. The number of nitrogens with zero attached hydrogens (tertiary/aromatic N) is 2. The van der Waals surface area contributed by atoms with Crippen molar-refractivity contribution in [2.45, 2.75) is 18.8 Å². The average molecular weight is 306 g/mol. The van der Waals surface area contributed by atoms with Crippen LogP contribution in [0.2, 0.25) is 5.15 Å². The average Bonchev–Trinajstić information content (AvgIpc) is 3.30. The second kappa shape index (κ2) is 5.77. The summed E-state index contributed by atoms with van der Waals surface area (Å²) in [5.41, 5.74) is 0.822. The molecule has 0 atom stereocenters. The van der Waals surface area contributed by atoms with Crippen LogP contribution >= 0.6 is 11.6 Å². The molecule has 1 heterocycles. The molecule has 1 aliphatic rings. The SMILES string of the molecule is COc1cc(Nc2cc(Cl)nc(C3CC3)n2)cc(OC)c1. The lowest BCUT2D eigenvalue weighted by atomic mass is 10.2. The minimum absolute atomic E-state index is 0.448. The highest BCUT2D eigenvalue weighted by molar-refractivity contribution is 6.29. The van der Waals surface area contributed by atoms with Crippen molar-refractivity contribution in [3.63, 3.8) is 0 Å². The van der Waals surface area contributed by atoms with Crippen molar-refractivity contribution in [2.75, 3.05) is 19.5 Å². The van der Waals surface area contributed by atoms with Gasteiger partial charge in [-0.05, 0) is 12.8 Å². The zero-order chi connectivity index (χ0) is 14.8. The first-order valence-corrected chi connectivity index (χ1v) is 7.10. The molecule has 21 heavy (non-hydrogen) atoms. The zero-order valence-corrected chi connectivity index (χ0v) is 12.6. The molecular formula is C15H16ClN3O2. The third-order valence-electron chi connectivity index (χ3n) is 3.28. The van der Waals surface area contributed by atoms with E-state index in [0.29, 0.717) is 28.4 Å². The first-order valence-electron chi connectivity index (χ1n) is 6.72. The van der Waals surface area contributed by atoms with Gasteiger partial charge in [-0.3, -0.25) is 0 Å². The number of methoxy groups -OCH3 is 2. The topological polar surface area (TPSA) is 56.3 Å². The minimum atomic E-state index is 0.448. The molecule has 5 nitrogen and oxygen atoms in total. The highest BCUT2D eigenvalue weighted by Crippen LogP contribution is 2.39. The smallest absolute Gasteiger partial charge is 0.135 e. The summed E-state index contributed by atoms with van der Waals surface area (Å²) < 4.78 is 10.5. The van der Waals surface area contributed by atoms with Gasteiger partial charge in [-0.25, -0.2) is 9.97 Å². The Balaban J connectivity index is 1.88. The molecule has 1 aromatic carbocycles. The number of nitrogens with one attached hydrogen (secondary N) is 1. The van der Waals surface area contributed by atoms with Gasteiger partial charge in [-0.15, -0.1) is 0 Å². The molecule has 6 heteroatoms. The van der Waals surface area contributed by atoms with Crippen molar-refractivity contribution in [2.24, 2.45) is 0 Å². The fraction of sp³-hybridized carbons (Fsp3) is 0.333. The molecule has 110 valence electrons. The second-order valence-electron chi connectivity index (χ2n) is 4.93. The molecule has 1 aromatic heterocycles. The monoisotopic (exact) mass is 305 g/mol. The lowest BCUT2D eigenvalue weighted by molar-refractivity contribution is 0.395. The fourth-order valence-electron chi connectivity index (χ4n) is 2.05. The number of rotatable bonds is 5. The van der Waals surface area contributed by atoms with Gasteiger partial charge in [0.2, 0.25) is 0 Å². The maximum atomic E-state index is 6.06. The zero-order valence-electron chi connectivity index (χ0n) is 11.9. The standard InChI is InChI=1S/C15H16ClN3O2/c1-20-11-5-10(6-12(7-11)21-2)17-14-8-13(16)18-15(19-14)9-3-4-9/h5-9H,3-4H2,1-2H3,(H,17,18,19). The number of aromatic nitrogens is 2. The number of halogens is 1. The number of anilines is 2. The Kier molecular flexibility index (Phi) is 3.84. The molecule has 0 radical (unpaired) electrons. The molecule has 1 fully saturated rings. The number of benzene rings is 1. The van der Waals surface area contributed by atoms with Crippen LogP contribution < -0.4 is 14.8 Å². The lowest BCUT2D eigenvalue weighted by Gasteiger charge is -2.11. The third kappa shape index (κ3) is 3.36. The Morgan fingerprint density at radius 1 is 1.05 bits per heavy atom. The molecule has 1 aliphatic carbocycles. The number of ether oxygens (including phenoxy) is 2. The van der Waals surface area contributed by atoms with Crippen molar-refractivity contribution >= 4 is 23.1 Å². The molecule has 0 unspecified atom stereocenters. The molecule has 0 saturated heterocycles. The Hall–Kier alpha value is -2.01. The molecule has 0 spiro atoms. The van der Waals surface area contributed by atoms with Crippen molar-refractivity contribution < 1.29 is 9.47 Å². The summed E-state index contributed by atoms with van der Waals surface area (Å²) in [6.07, 6.45) is 2.26. The summed E-state index contributed by atoms with van der Waals surface area (Å²) in [7, 11) is 3.23. The summed E-state index contributed by atoms with van der Waals surface area (Å²) in [6.45, 7) is 0. The Morgan fingerprint density at radius 2 is 1.71 bits per heavy atom. The molecule has 2 aromatic rings. The summed E-state index contributed by atoms with van der Waals surface area (Å²) in [6, 6.07) is 7.26. The molecule has 1 saturated carbocycles. The van der Waals surface area contributed by atoms with Gasteiger partial charge < -0.3 is 14.8 Å². The van der Waals surface area contributed by atoms with Gasteiger partial charge in [-0.2, -0.15) is 0 Å². The van der Waals surface area contributed by atoms with Crippen LogP contribution in [0.15, 0.2) is 24.3 Å². The van der Waals surface area contributed by atoms with Gasteiger partial charge in [0.25, 0.3) is 0 Å². The molecule has 0 bridgehead atoms. The molecule has 3 rings (SSSR count). The predicted molar refractivity (Wildman–Crippen MR) is 81.8 cm³/mol. The van der Waals surface area contributed by atoms with E-state index in [9.17, 15) is 0 Å². The van der Waals surface area contributed by atoms with Crippen molar-refractivity contribution in [3.8, 4) is 11.5 Å². The quantitative estimate of drug-likeness (QED) is 0.852. The normalized spacial score (nSPS) is 13.9. The third-order valence-corrected chi connectivity index (χ3v) is 3.47. The first kappa shape index (κ1) is 13.9. The van der Waals surface area contributed by atoms with Crippen LogP contribution in [-0.2, 0) is 0 Å². The van der Waals surface area contributed by atoms with E-state index in [0.717, 1.165) is 24.4 Å². The van der Waals surface area contributed by atoms with E-state index in [2.05, 4.69) is 15.3 Å². The minimum Gasteiger partial charge on any atom is -0.497 e. The maximum Gasteiger partial charge on any atom is 0.135 e. The lowest BCUT2D eigenvalue weighted by Crippen LogP contribution is -2.00. The van der Waals surface area contributed by atoms with Crippen molar-refractivity contribution in [1.82, 2.24) is 9.97 Å². The summed E-state index contributed by atoms with van der Waals surface area (Å²) in [5.74, 6) is 3.34.